The number of carboxylic acid groups (broad SMARTS) is 2. The van der Waals surface area contributed by atoms with Gasteiger partial charge in [0.25, 0.3) is 11.8 Å². The summed E-state index contributed by atoms with van der Waals surface area (Å²) in [5.41, 5.74) is 0. The number of amides is 2. The minimum absolute atomic E-state index is 0.0197. The van der Waals surface area contributed by atoms with Crippen LogP contribution in [-0.2, 0) is 24.0 Å². The normalized spacial score (nSPS) is 20.6. The summed E-state index contributed by atoms with van der Waals surface area (Å²) >= 11 is 0. The molecular weight excluding hydrogens is 396 g/mol. The average Bonchev–Trinajstić information content (AvgIpc) is 3.00. The number of nitrogens with zero attached hydrogens (tertiary/aromatic N) is 4. The lowest BCUT2D eigenvalue weighted by molar-refractivity contribution is -0.146. The number of carbonyl (C=O) groups is 5. The van der Waals surface area contributed by atoms with E-state index >= 15 is 0 Å². The highest BCUT2D eigenvalue weighted by atomic mass is 16.4. The molecule has 0 bridgehead atoms. The molecule has 11 nitrogen and oxygen atoms in total. The van der Waals surface area contributed by atoms with Gasteiger partial charge in [0.05, 0.1) is 13.1 Å². The van der Waals surface area contributed by atoms with Crippen LogP contribution in [-0.4, -0.2) is 124 Å². The van der Waals surface area contributed by atoms with Crippen molar-refractivity contribution in [3.05, 3.63) is 12.2 Å². The molecule has 0 spiro atoms. The van der Waals surface area contributed by atoms with E-state index in [-0.39, 0.29) is 31.8 Å². The van der Waals surface area contributed by atoms with Gasteiger partial charge in [-0.2, -0.15) is 0 Å². The molecule has 11 heteroatoms. The van der Waals surface area contributed by atoms with Gasteiger partial charge in [-0.3, -0.25) is 43.6 Å². The van der Waals surface area contributed by atoms with Crippen molar-refractivity contribution in [1.29, 1.82) is 0 Å². The van der Waals surface area contributed by atoms with Crippen LogP contribution >= 0.6 is 0 Å². The predicted molar refractivity (Wildman–Crippen MR) is 105 cm³/mol. The molecule has 0 radical (unpaired) electrons. The zero-order valence-corrected chi connectivity index (χ0v) is 17.0. The summed E-state index contributed by atoms with van der Waals surface area (Å²) in [6.07, 6.45) is 2.36. The van der Waals surface area contributed by atoms with Crippen LogP contribution in [0.15, 0.2) is 12.2 Å². The molecule has 0 aromatic heterocycles. The first-order valence-corrected chi connectivity index (χ1v) is 9.83. The van der Waals surface area contributed by atoms with Gasteiger partial charge in [0.2, 0.25) is 0 Å². The maximum atomic E-state index is 11.9. The molecule has 2 aliphatic heterocycles. The summed E-state index contributed by atoms with van der Waals surface area (Å²) < 4.78 is 0. The zero-order valence-electron chi connectivity index (χ0n) is 17.0. The summed E-state index contributed by atoms with van der Waals surface area (Å²) in [6, 6.07) is -0.949. The Morgan fingerprint density at radius 2 is 1.40 bits per heavy atom. The number of hydrogen-bond donors (Lipinski definition) is 2. The molecule has 1 atom stereocenters. The molecule has 166 valence electrons. The maximum absolute atomic E-state index is 11.9. The van der Waals surface area contributed by atoms with Crippen molar-refractivity contribution in [3.8, 4) is 0 Å². The number of rotatable bonds is 9. The number of ketones is 1. The number of Topliss-reactive ketones (excluding diaryl/α,β-unsaturated/α-hetero) is 1. The summed E-state index contributed by atoms with van der Waals surface area (Å²) in [4.78, 5) is 64.4. The van der Waals surface area contributed by atoms with Crippen molar-refractivity contribution in [2.75, 3.05) is 58.9 Å². The molecule has 0 aromatic rings. The van der Waals surface area contributed by atoms with Crippen molar-refractivity contribution in [2.24, 2.45) is 0 Å². The van der Waals surface area contributed by atoms with E-state index in [0.717, 1.165) is 17.1 Å². The van der Waals surface area contributed by atoms with Crippen LogP contribution in [0.2, 0.25) is 0 Å². The van der Waals surface area contributed by atoms with Gasteiger partial charge in [0.1, 0.15) is 11.8 Å². The van der Waals surface area contributed by atoms with Gasteiger partial charge in [-0.25, -0.2) is 0 Å². The van der Waals surface area contributed by atoms with Gasteiger partial charge in [-0.15, -0.1) is 0 Å². The molecule has 2 aliphatic rings. The Morgan fingerprint density at radius 1 is 0.900 bits per heavy atom. The summed E-state index contributed by atoms with van der Waals surface area (Å²) in [7, 11) is 0. The number of carboxylic acids is 2. The molecule has 0 aromatic carbocycles. The molecule has 0 aliphatic carbocycles. The van der Waals surface area contributed by atoms with Crippen molar-refractivity contribution in [2.45, 2.75) is 19.4 Å². The molecule has 2 N–H and O–H groups in total. The zero-order chi connectivity index (χ0) is 22.3. The Morgan fingerprint density at radius 3 is 1.87 bits per heavy atom. The molecule has 1 fully saturated rings. The fourth-order valence-corrected chi connectivity index (χ4v) is 3.66. The Kier molecular flexibility index (Phi) is 8.63. The molecule has 2 heterocycles. The Balaban J connectivity index is 2.10. The third-order valence-electron chi connectivity index (χ3n) is 5.20. The van der Waals surface area contributed by atoms with Crippen LogP contribution in [0, 0.1) is 0 Å². The lowest BCUT2D eigenvalue weighted by Crippen LogP contribution is -2.48. The van der Waals surface area contributed by atoms with Crippen LogP contribution < -0.4 is 0 Å². The molecule has 30 heavy (non-hydrogen) atoms. The minimum Gasteiger partial charge on any atom is -0.480 e. The molecule has 2 rings (SSSR count). The van der Waals surface area contributed by atoms with Gasteiger partial charge in [-0.1, -0.05) is 0 Å². The monoisotopic (exact) mass is 424 g/mol. The Labute approximate surface area is 174 Å². The number of hydrogen-bond acceptors (Lipinski definition) is 8. The van der Waals surface area contributed by atoms with E-state index in [1.807, 2.05) is 4.90 Å². The molecule has 0 unspecified atom stereocenters. The third kappa shape index (κ3) is 7.01. The van der Waals surface area contributed by atoms with Gasteiger partial charge in [-0.05, 0) is 13.3 Å². The van der Waals surface area contributed by atoms with E-state index in [9.17, 15) is 29.1 Å². The van der Waals surface area contributed by atoms with Crippen LogP contribution in [0.3, 0.4) is 0 Å². The quantitative estimate of drug-likeness (QED) is 0.414. The van der Waals surface area contributed by atoms with Crippen molar-refractivity contribution >= 4 is 29.5 Å². The second kappa shape index (κ2) is 11.0. The standard InChI is InChI=1S/C19H28N4O7/c1-14(24)12-20-6-7-21(13-18(27)28)9-11-22(10-8-20)15(19(29)30)4-5-23-16(25)2-3-17(23)26/h2-3,15H,4-13H2,1H3,(H,27,28)(H,29,30)/t15-/m0/s1. The van der Waals surface area contributed by atoms with Crippen LogP contribution in [0.5, 0.6) is 0 Å². The minimum atomic E-state index is -1.08. The fraction of sp³-hybridized carbons (Fsp3) is 0.632. The largest absolute Gasteiger partial charge is 0.480 e. The lowest BCUT2D eigenvalue weighted by Gasteiger charge is -2.31. The van der Waals surface area contributed by atoms with Crippen LogP contribution in [0.25, 0.3) is 0 Å². The highest BCUT2D eigenvalue weighted by Crippen LogP contribution is 2.12. The summed E-state index contributed by atoms with van der Waals surface area (Å²) in [5, 5.41) is 18.9. The SMILES string of the molecule is CC(=O)CN1CCN(CC(=O)O)CCN([C@@H](CCN2C(=O)C=CC2=O)C(=O)O)CC1. The van der Waals surface area contributed by atoms with Gasteiger partial charge >= 0.3 is 11.9 Å². The maximum Gasteiger partial charge on any atom is 0.320 e. The van der Waals surface area contributed by atoms with E-state index in [1.54, 1.807) is 9.80 Å². The van der Waals surface area contributed by atoms with E-state index in [2.05, 4.69) is 0 Å². The second-order valence-corrected chi connectivity index (χ2v) is 7.49. The van der Waals surface area contributed by atoms with Crippen molar-refractivity contribution in [3.63, 3.8) is 0 Å². The molecule has 1 saturated heterocycles. The summed E-state index contributed by atoms with van der Waals surface area (Å²) in [6.45, 7) is 3.92. The highest BCUT2D eigenvalue weighted by molar-refractivity contribution is 6.12. The first kappa shape index (κ1) is 23.6. The lowest BCUT2D eigenvalue weighted by atomic mass is 10.1. The van der Waals surface area contributed by atoms with Crippen LogP contribution in [0.1, 0.15) is 13.3 Å². The van der Waals surface area contributed by atoms with E-state index in [0.29, 0.717) is 39.3 Å². The highest BCUT2D eigenvalue weighted by Gasteiger charge is 2.31. The van der Waals surface area contributed by atoms with Crippen molar-refractivity contribution < 1.29 is 34.2 Å². The second-order valence-electron chi connectivity index (χ2n) is 7.49. The molecule has 0 saturated carbocycles. The van der Waals surface area contributed by atoms with E-state index in [4.69, 9.17) is 5.11 Å². The number of imide groups is 1. The fourth-order valence-electron chi connectivity index (χ4n) is 3.66. The molecular formula is C19H28N4O7. The van der Waals surface area contributed by atoms with Crippen LogP contribution in [0.4, 0.5) is 0 Å². The van der Waals surface area contributed by atoms with E-state index in [1.165, 1.54) is 6.92 Å². The Hall–Kier alpha value is -2.63. The predicted octanol–water partition coefficient (Wildman–Crippen LogP) is -1.65. The number of aliphatic carboxylic acids is 2. The smallest absolute Gasteiger partial charge is 0.320 e. The van der Waals surface area contributed by atoms with Gasteiger partial charge < -0.3 is 10.2 Å². The van der Waals surface area contributed by atoms with Gasteiger partial charge in [0.15, 0.2) is 0 Å². The average molecular weight is 424 g/mol. The first-order chi connectivity index (χ1) is 14.2. The van der Waals surface area contributed by atoms with Gasteiger partial charge in [0, 0.05) is 58.0 Å². The Bertz CT molecular complexity index is 678. The first-order valence-electron chi connectivity index (χ1n) is 9.83. The number of carbonyl (C=O) groups excluding carboxylic acids is 3. The molecule has 2 amide bonds. The summed E-state index contributed by atoms with van der Waals surface area (Å²) in [5.74, 6) is -3.02. The third-order valence-corrected chi connectivity index (χ3v) is 5.20. The van der Waals surface area contributed by atoms with Crippen molar-refractivity contribution in [1.82, 2.24) is 19.6 Å². The topological polar surface area (TPSA) is 139 Å². The van der Waals surface area contributed by atoms with E-state index < -0.39 is 29.8 Å².